The zero-order valence-electron chi connectivity index (χ0n) is 19.7. The van der Waals surface area contributed by atoms with Crippen LogP contribution in [0, 0.1) is 0 Å². The minimum Gasteiger partial charge on any atom is -0.507 e. The molecule has 1 aliphatic rings. The number of benzene rings is 3. The first-order valence-corrected chi connectivity index (χ1v) is 11.2. The number of fused-ring (bicyclic) bond motifs is 1. The van der Waals surface area contributed by atoms with Crippen molar-refractivity contribution in [2.75, 3.05) is 6.54 Å². The molecule has 3 aromatic carbocycles. The Bertz CT molecular complexity index is 1370. The predicted molar refractivity (Wildman–Crippen MR) is 127 cm³/mol. The molecule has 0 saturated carbocycles. The summed E-state index contributed by atoms with van der Waals surface area (Å²) in [5.74, 6) is -5.98. The molecule has 4 rings (SSSR count). The first-order chi connectivity index (χ1) is 18.0. The number of aromatic hydroxyl groups is 7. The molecule has 38 heavy (non-hydrogen) atoms. The Kier molecular flexibility index (Phi) is 6.84. The third kappa shape index (κ3) is 5.02. The number of phenolic OH excluding ortho intramolecular Hbond substituents is 7. The molecular weight excluding hydrogens is 506 g/mol. The fourth-order valence-corrected chi connectivity index (χ4v) is 3.89. The Morgan fingerprint density at radius 3 is 2.03 bits per heavy atom. The van der Waals surface area contributed by atoms with Crippen LogP contribution < -0.4 is 14.8 Å². The summed E-state index contributed by atoms with van der Waals surface area (Å²) in [7, 11) is 0. The van der Waals surface area contributed by atoms with Gasteiger partial charge in [-0.3, -0.25) is 0 Å². The van der Waals surface area contributed by atoms with E-state index in [9.17, 15) is 45.3 Å². The van der Waals surface area contributed by atoms with E-state index in [0.717, 1.165) is 30.3 Å². The van der Waals surface area contributed by atoms with Gasteiger partial charge >= 0.3 is 12.1 Å². The molecule has 0 radical (unpaired) electrons. The molecule has 0 saturated heterocycles. The number of carbonyl (C=O) groups is 2. The van der Waals surface area contributed by atoms with Crippen LogP contribution in [0.4, 0.5) is 4.79 Å². The average Bonchev–Trinajstić information content (AvgIpc) is 2.85. The molecule has 1 amide bonds. The highest BCUT2D eigenvalue weighted by Crippen LogP contribution is 2.46. The minimum absolute atomic E-state index is 0.0357. The highest BCUT2D eigenvalue weighted by molar-refractivity contribution is 5.91. The molecular formula is C25H23NO12. The molecule has 13 heteroatoms. The summed E-state index contributed by atoms with van der Waals surface area (Å²) in [6.07, 6.45) is -3.41. The van der Waals surface area contributed by atoms with E-state index in [4.69, 9.17) is 14.2 Å². The van der Waals surface area contributed by atoms with Crippen molar-refractivity contribution in [3.05, 3.63) is 53.1 Å². The van der Waals surface area contributed by atoms with E-state index in [1.165, 1.54) is 6.07 Å². The number of ether oxygens (including phenoxy) is 3. The van der Waals surface area contributed by atoms with Crippen LogP contribution >= 0.6 is 0 Å². The van der Waals surface area contributed by atoms with Gasteiger partial charge < -0.3 is 55.3 Å². The zero-order valence-corrected chi connectivity index (χ0v) is 19.7. The topological polar surface area (TPSA) is 215 Å². The summed E-state index contributed by atoms with van der Waals surface area (Å²) in [6.45, 7) is 1.98. The minimum atomic E-state index is -1.23. The van der Waals surface area contributed by atoms with Gasteiger partial charge in [-0.25, -0.2) is 9.59 Å². The normalized spacial score (nSPS) is 16.1. The Hall–Kier alpha value is -5.20. The second-order valence-electron chi connectivity index (χ2n) is 8.30. The van der Waals surface area contributed by atoms with E-state index in [0.29, 0.717) is 6.54 Å². The van der Waals surface area contributed by atoms with E-state index in [-0.39, 0.29) is 40.4 Å². The zero-order chi connectivity index (χ0) is 27.7. The highest BCUT2D eigenvalue weighted by Gasteiger charge is 2.37. The number of amides is 1. The second-order valence-corrected chi connectivity index (χ2v) is 8.30. The van der Waals surface area contributed by atoms with E-state index in [1.807, 2.05) is 0 Å². The Morgan fingerprint density at radius 1 is 0.868 bits per heavy atom. The van der Waals surface area contributed by atoms with Crippen LogP contribution in [-0.2, 0) is 11.2 Å². The maximum Gasteiger partial charge on any atom is 0.412 e. The van der Waals surface area contributed by atoms with Crippen molar-refractivity contribution >= 4 is 12.1 Å². The van der Waals surface area contributed by atoms with Crippen LogP contribution in [-0.4, -0.2) is 60.5 Å². The number of hydrogen-bond acceptors (Lipinski definition) is 12. The first kappa shape index (κ1) is 25.9. The van der Waals surface area contributed by atoms with E-state index in [2.05, 4.69) is 5.32 Å². The lowest BCUT2D eigenvalue weighted by Gasteiger charge is -2.34. The van der Waals surface area contributed by atoms with Gasteiger partial charge in [-0.2, -0.15) is 0 Å². The molecule has 1 heterocycles. The van der Waals surface area contributed by atoms with Gasteiger partial charge in [0.25, 0.3) is 0 Å². The van der Waals surface area contributed by atoms with Crippen molar-refractivity contribution in [1.29, 1.82) is 0 Å². The molecule has 3 aromatic rings. The fraction of sp³-hybridized carbons (Fsp3) is 0.200. The summed E-state index contributed by atoms with van der Waals surface area (Å²) < 4.78 is 16.6. The van der Waals surface area contributed by atoms with E-state index in [1.54, 1.807) is 6.92 Å². The first-order valence-electron chi connectivity index (χ1n) is 11.2. The van der Waals surface area contributed by atoms with Crippen molar-refractivity contribution in [3.63, 3.8) is 0 Å². The van der Waals surface area contributed by atoms with Crippen LogP contribution in [0.1, 0.15) is 34.5 Å². The molecule has 0 unspecified atom stereocenters. The molecule has 0 aromatic heterocycles. The molecule has 0 fully saturated rings. The lowest BCUT2D eigenvalue weighted by molar-refractivity contribution is -0.0189. The summed E-state index contributed by atoms with van der Waals surface area (Å²) in [5, 5.41) is 71.8. The molecule has 0 aliphatic carbocycles. The van der Waals surface area contributed by atoms with Gasteiger partial charge in [0.2, 0.25) is 0 Å². The second kappa shape index (κ2) is 10.0. The number of phenols is 7. The molecule has 0 spiro atoms. The Labute approximate surface area is 214 Å². The molecule has 0 bridgehead atoms. The van der Waals surface area contributed by atoms with Crippen molar-refractivity contribution in [2.24, 2.45) is 0 Å². The highest BCUT2D eigenvalue weighted by atomic mass is 16.6. The van der Waals surface area contributed by atoms with Gasteiger partial charge in [0.1, 0.15) is 23.4 Å². The number of esters is 1. The summed E-state index contributed by atoms with van der Waals surface area (Å²) in [6, 6.07) is 6.34. The number of nitrogens with one attached hydrogen (secondary N) is 1. The summed E-state index contributed by atoms with van der Waals surface area (Å²) >= 11 is 0. The predicted octanol–water partition coefficient (Wildman–Crippen LogP) is 2.64. The molecule has 2 atom stereocenters. The molecule has 200 valence electrons. The van der Waals surface area contributed by atoms with Gasteiger partial charge in [-0.1, -0.05) is 0 Å². The molecule has 1 aliphatic heterocycles. The smallest absolute Gasteiger partial charge is 0.412 e. The fourth-order valence-electron chi connectivity index (χ4n) is 3.89. The Morgan fingerprint density at radius 2 is 1.45 bits per heavy atom. The summed E-state index contributed by atoms with van der Waals surface area (Å²) in [5.41, 5.74) is -0.0910. The van der Waals surface area contributed by atoms with Crippen molar-refractivity contribution in [2.45, 2.75) is 25.6 Å². The lowest BCUT2D eigenvalue weighted by Crippen LogP contribution is -2.35. The SMILES string of the molecule is CCNC(=O)Oc1cc(O)c2c(c1)O[C@H](c1cc(O)c(O)c(O)c1)[C@H](OC(=O)c1cc(O)c(O)c(O)c1)C2. The van der Waals surface area contributed by atoms with Crippen molar-refractivity contribution < 1.29 is 59.5 Å². The van der Waals surface area contributed by atoms with Gasteiger partial charge in [0.05, 0.1) is 5.56 Å². The number of rotatable bonds is 5. The monoisotopic (exact) mass is 529 g/mol. The van der Waals surface area contributed by atoms with Gasteiger partial charge in [-0.05, 0) is 31.2 Å². The molecule has 8 N–H and O–H groups in total. The third-order valence-corrected chi connectivity index (χ3v) is 5.67. The van der Waals surface area contributed by atoms with Crippen LogP contribution in [0.15, 0.2) is 36.4 Å². The van der Waals surface area contributed by atoms with Crippen molar-refractivity contribution in [1.82, 2.24) is 5.32 Å². The van der Waals surface area contributed by atoms with Crippen LogP contribution in [0.25, 0.3) is 0 Å². The summed E-state index contributed by atoms with van der Waals surface area (Å²) in [4.78, 5) is 24.7. The largest absolute Gasteiger partial charge is 0.507 e. The van der Waals surface area contributed by atoms with Gasteiger partial charge in [0.15, 0.2) is 40.6 Å². The van der Waals surface area contributed by atoms with E-state index >= 15 is 0 Å². The lowest BCUT2D eigenvalue weighted by atomic mass is 9.93. The third-order valence-electron chi connectivity index (χ3n) is 5.67. The van der Waals surface area contributed by atoms with Gasteiger partial charge in [0, 0.05) is 36.2 Å². The van der Waals surface area contributed by atoms with Crippen LogP contribution in [0.2, 0.25) is 0 Å². The molecule has 13 nitrogen and oxygen atoms in total. The van der Waals surface area contributed by atoms with Crippen molar-refractivity contribution in [3.8, 4) is 51.7 Å². The quantitative estimate of drug-likeness (QED) is 0.177. The maximum absolute atomic E-state index is 12.9. The average molecular weight is 529 g/mol. The van der Waals surface area contributed by atoms with Crippen LogP contribution in [0.5, 0.6) is 51.7 Å². The standard InChI is InChI=1S/C25H23NO12/c1-2-26-25(35)36-12-7-14(27)13-9-20(38-24(34)11-5-17(30)22(33)18(31)6-11)23(37-19(13)8-12)10-3-15(28)21(32)16(29)4-10/h3-8,20,23,27-33H,2,9H2,1H3,(H,26,35)/t20-,23-/m1/s1. The number of hydrogen-bond donors (Lipinski definition) is 8. The van der Waals surface area contributed by atoms with E-state index < -0.39 is 58.8 Å². The maximum atomic E-state index is 12.9. The number of carbonyl (C=O) groups excluding carboxylic acids is 2. The van der Waals surface area contributed by atoms with Crippen LogP contribution in [0.3, 0.4) is 0 Å². The Balaban J connectivity index is 1.73. The van der Waals surface area contributed by atoms with Gasteiger partial charge in [-0.15, -0.1) is 0 Å².